The molecule has 0 aromatic rings. The van der Waals surface area contributed by atoms with Gasteiger partial charge in [0.05, 0.1) is 5.60 Å². The minimum atomic E-state index is -0.372. The van der Waals surface area contributed by atoms with Crippen LogP contribution in [0.25, 0.3) is 0 Å². The van der Waals surface area contributed by atoms with Gasteiger partial charge < -0.3 is 5.11 Å². The molecule has 1 atom stereocenters. The summed E-state index contributed by atoms with van der Waals surface area (Å²) in [6.07, 6.45) is 4.70. The summed E-state index contributed by atoms with van der Waals surface area (Å²) in [4.78, 5) is 0. The van der Waals surface area contributed by atoms with Crippen LogP contribution in [-0.2, 0) is 0 Å². The molecule has 0 bridgehead atoms. The van der Waals surface area contributed by atoms with Crippen molar-refractivity contribution in [3.05, 3.63) is 0 Å². The summed E-state index contributed by atoms with van der Waals surface area (Å²) in [5, 5.41) is 10.1. The average molecular weight is 156 g/mol. The van der Waals surface area contributed by atoms with Gasteiger partial charge in [0.25, 0.3) is 0 Å². The molecular weight excluding hydrogens is 136 g/mol. The Morgan fingerprint density at radius 1 is 1.36 bits per heavy atom. The first kappa shape index (κ1) is 9.05. The summed E-state index contributed by atoms with van der Waals surface area (Å²) in [6, 6.07) is 0. The first-order valence-electron chi connectivity index (χ1n) is 4.85. The standard InChI is InChI=1S/C10H20O/c1-4-8(5-2)10(3,11)9-6-7-9/h8-9,11H,4-7H2,1-3H3. The van der Waals surface area contributed by atoms with Crippen molar-refractivity contribution in [2.45, 2.75) is 52.1 Å². The molecule has 1 unspecified atom stereocenters. The van der Waals surface area contributed by atoms with Crippen molar-refractivity contribution in [3.8, 4) is 0 Å². The number of aliphatic hydroxyl groups is 1. The largest absolute Gasteiger partial charge is 0.390 e. The van der Waals surface area contributed by atoms with Crippen LogP contribution in [0.4, 0.5) is 0 Å². The van der Waals surface area contributed by atoms with Gasteiger partial charge in [0.1, 0.15) is 0 Å². The lowest BCUT2D eigenvalue weighted by atomic mass is 9.81. The minimum absolute atomic E-state index is 0.372. The van der Waals surface area contributed by atoms with Crippen molar-refractivity contribution in [3.63, 3.8) is 0 Å². The first-order valence-corrected chi connectivity index (χ1v) is 4.85. The molecule has 1 nitrogen and oxygen atoms in total. The fraction of sp³-hybridized carbons (Fsp3) is 1.00. The van der Waals surface area contributed by atoms with Crippen LogP contribution in [0.3, 0.4) is 0 Å². The van der Waals surface area contributed by atoms with Crippen molar-refractivity contribution in [2.24, 2.45) is 11.8 Å². The molecule has 0 heterocycles. The van der Waals surface area contributed by atoms with Crippen LogP contribution < -0.4 is 0 Å². The van der Waals surface area contributed by atoms with Crippen molar-refractivity contribution in [1.29, 1.82) is 0 Å². The van der Waals surface area contributed by atoms with Gasteiger partial charge in [-0.1, -0.05) is 26.7 Å². The van der Waals surface area contributed by atoms with E-state index < -0.39 is 0 Å². The van der Waals surface area contributed by atoms with Gasteiger partial charge in [0, 0.05) is 0 Å². The van der Waals surface area contributed by atoms with E-state index in [9.17, 15) is 5.11 Å². The van der Waals surface area contributed by atoms with E-state index in [1.54, 1.807) is 0 Å². The molecule has 1 rings (SSSR count). The Bertz CT molecular complexity index is 121. The fourth-order valence-electron chi connectivity index (χ4n) is 2.12. The van der Waals surface area contributed by atoms with Crippen LogP contribution in [-0.4, -0.2) is 10.7 Å². The van der Waals surface area contributed by atoms with Crippen LogP contribution in [0, 0.1) is 11.8 Å². The van der Waals surface area contributed by atoms with Crippen molar-refractivity contribution in [1.82, 2.24) is 0 Å². The lowest BCUT2D eigenvalue weighted by molar-refractivity contribution is -0.0250. The molecule has 1 fully saturated rings. The number of hydrogen-bond donors (Lipinski definition) is 1. The maximum atomic E-state index is 10.1. The molecule has 0 aliphatic heterocycles. The highest BCUT2D eigenvalue weighted by atomic mass is 16.3. The molecule has 1 N–H and O–H groups in total. The average Bonchev–Trinajstić information content (AvgIpc) is 2.69. The predicted octanol–water partition coefficient (Wildman–Crippen LogP) is 2.58. The van der Waals surface area contributed by atoms with Crippen molar-refractivity contribution < 1.29 is 5.11 Å². The molecule has 11 heavy (non-hydrogen) atoms. The molecule has 1 heteroatoms. The van der Waals surface area contributed by atoms with E-state index in [1.807, 2.05) is 6.92 Å². The third-order valence-electron chi connectivity index (χ3n) is 3.22. The molecular formula is C10H20O. The highest BCUT2D eigenvalue weighted by molar-refractivity contribution is 4.94. The molecule has 1 saturated carbocycles. The summed E-state index contributed by atoms with van der Waals surface area (Å²) >= 11 is 0. The third-order valence-corrected chi connectivity index (χ3v) is 3.22. The summed E-state index contributed by atoms with van der Waals surface area (Å²) in [6.45, 7) is 6.36. The van der Waals surface area contributed by atoms with E-state index in [2.05, 4.69) is 13.8 Å². The Morgan fingerprint density at radius 3 is 2.09 bits per heavy atom. The quantitative estimate of drug-likeness (QED) is 0.663. The monoisotopic (exact) mass is 156 g/mol. The van der Waals surface area contributed by atoms with E-state index >= 15 is 0 Å². The summed E-state index contributed by atoms with van der Waals surface area (Å²) in [7, 11) is 0. The zero-order chi connectivity index (χ0) is 8.48. The second-order valence-electron chi connectivity index (χ2n) is 4.01. The SMILES string of the molecule is CCC(CC)C(C)(O)C1CC1. The molecule has 0 amide bonds. The summed E-state index contributed by atoms with van der Waals surface area (Å²) in [5.74, 6) is 1.11. The number of hydrogen-bond acceptors (Lipinski definition) is 1. The van der Waals surface area contributed by atoms with Gasteiger partial charge in [0.2, 0.25) is 0 Å². The molecule has 0 spiro atoms. The van der Waals surface area contributed by atoms with Crippen LogP contribution >= 0.6 is 0 Å². The second-order valence-corrected chi connectivity index (χ2v) is 4.01. The second kappa shape index (κ2) is 3.14. The Hall–Kier alpha value is -0.0400. The van der Waals surface area contributed by atoms with Crippen LogP contribution in [0.5, 0.6) is 0 Å². The van der Waals surface area contributed by atoms with Gasteiger partial charge in [0.15, 0.2) is 0 Å². The third kappa shape index (κ3) is 1.76. The Morgan fingerprint density at radius 2 is 1.82 bits per heavy atom. The Balaban J connectivity index is 2.52. The molecule has 0 aromatic carbocycles. The Labute approximate surface area is 69.8 Å². The molecule has 0 radical (unpaired) electrons. The maximum Gasteiger partial charge on any atom is 0.0675 e. The van der Waals surface area contributed by atoms with Crippen molar-refractivity contribution >= 4 is 0 Å². The summed E-state index contributed by atoms with van der Waals surface area (Å²) < 4.78 is 0. The lowest BCUT2D eigenvalue weighted by Crippen LogP contribution is -2.36. The van der Waals surface area contributed by atoms with E-state index in [0.29, 0.717) is 11.8 Å². The molecule has 1 aliphatic carbocycles. The van der Waals surface area contributed by atoms with Gasteiger partial charge >= 0.3 is 0 Å². The molecule has 1 aliphatic rings. The van der Waals surface area contributed by atoms with Crippen LogP contribution in [0.2, 0.25) is 0 Å². The predicted molar refractivity (Wildman–Crippen MR) is 47.4 cm³/mol. The smallest absolute Gasteiger partial charge is 0.0675 e. The van der Waals surface area contributed by atoms with Gasteiger partial charge in [-0.05, 0) is 31.6 Å². The first-order chi connectivity index (χ1) is 5.12. The van der Waals surface area contributed by atoms with Crippen LogP contribution in [0.15, 0.2) is 0 Å². The van der Waals surface area contributed by atoms with Gasteiger partial charge in [-0.25, -0.2) is 0 Å². The van der Waals surface area contributed by atoms with E-state index in [-0.39, 0.29) is 5.60 Å². The fourth-order valence-corrected chi connectivity index (χ4v) is 2.12. The number of rotatable bonds is 4. The highest BCUT2D eigenvalue weighted by Crippen LogP contribution is 2.45. The van der Waals surface area contributed by atoms with E-state index in [1.165, 1.54) is 12.8 Å². The van der Waals surface area contributed by atoms with E-state index in [4.69, 9.17) is 0 Å². The highest BCUT2D eigenvalue weighted by Gasteiger charge is 2.43. The normalized spacial score (nSPS) is 23.7. The van der Waals surface area contributed by atoms with Crippen molar-refractivity contribution in [2.75, 3.05) is 0 Å². The van der Waals surface area contributed by atoms with Gasteiger partial charge in [-0.3, -0.25) is 0 Å². The van der Waals surface area contributed by atoms with Gasteiger partial charge in [-0.15, -0.1) is 0 Å². The van der Waals surface area contributed by atoms with Crippen LogP contribution in [0.1, 0.15) is 46.5 Å². The molecule has 0 saturated heterocycles. The lowest BCUT2D eigenvalue weighted by Gasteiger charge is -2.31. The minimum Gasteiger partial charge on any atom is -0.390 e. The molecule has 66 valence electrons. The molecule has 0 aromatic heterocycles. The topological polar surface area (TPSA) is 20.2 Å². The van der Waals surface area contributed by atoms with Gasteiger partial charge in [-0.2, -0.15) is 0 Å². The Kier molecular flexibility index (Phi) is 2.58. The van der Waals surface area contributed by atoms with E-state index in [0.717, 1.165) is 12.8 Å². The zero-order valence-corrected chi connectivity index (χ0v) is 7.93. The summed E-state index contributed by atoms with van der Waals surface area (Å²) in [5.41, 5.74) is -0.372. The maximum absolute atomic E-state index is 10.1. The zero-order valence-electron chi connectivity index (χ0n) is 7.93.